The molecule has 0 unspecified atom stereocenters. The lowest BCUT2D eigenvalue weighted by Crippen LogP contribution is -2.14. The SMILES string of the molecule is CCN(C)C=Nc1cc(C)c(Cc2cccc(C)c2F)cc1C. The summed E-state index contributed by atoms with van der Waals surface area (Å²) >= 11 is 0. The van der Waals surface area contributed by atoms with Crippen LogP contribution < -0.4 is 0 Å². The number of aliphatic imine (C=N–C) groups is 1. The first-order valence-corrected chi connectivity index (χ1v) is 8.01. The summed E-state index contributed by atoms with van der Waals surface area (Å²) in [6.07, 6.45) is 2.46. The van der Waals surface area contributed by atoms with E-state index in [1.165, 1.54) is 0 Å². The van der Waals surface area contributed by atoms with Crippen molar-refractivity contribution in [2.24, 2.45) is 4.99 Å². The van der Waals surface area contributed by atoms with Crippen LogP contribution in [-0.4, -0.2) is 24.8 Å². The molecule has 2 nitrogen and oxygen atoms in total. The normalized spacial score (nSPS) is 11.2. The molecular weight excluding hydrogens is 287 g/mol. The van der Waals surface area contributed by atoms with Crippen molar-refractivity contribution >= 4 is 12.0 Å². The summed E-state index contributed by atoms with van der Waals surface area (Å²) < 4.78 is 14.2. The van der Waals surface area contributed by atoms with Gasteiger partial charge in [0.05, 0.1) is 12.0 Å². The summed E-state index contributed by atoms with van der Waals surface area (Å²) in [5.74, 6) is -0.101. The molecule has 0 aliphatic heterocycles. The largest absolute Gasteiger partial charge is 0.366 e. The van der Waals surface area contributed by atoms with E-state index >= 15 is 0 Å². The molecule has 0 spiro atoms. The number of nitrogens with zero attached hydrogens (tertiary/aromatic N) is 2. The van der Waals surface area contributed by atoms with Crippen LogP contribution in [0.5, 0.6) is 0 Å². The molecule has 2 aromatic rings. The fraction of sp³-hybridized carbons (Fsp3) is 0.350. The van der Waals surface area contributed by atoms with Gasteiger partial charge in [0.2, 0.25) is 0 Å². The second-order valence-electron chi connectivity index (χ2n) is 6.11. The van der Waals surface area contributed by atoms with Gasteiger partial charge in [0.1, 0.15) is 5.82 Å². The zero-order valence-corrected chi connectivity index (χ0v) is 14.7. The Morgan fingerprint density at radius 1 is 1.04 bits per heavy atom. The average molecular weight is 312 g/mol. The third kappa shape index (κ3) is 4.19. The third-order valence-corrected chi connectivity index (χ3v) is 4.20. The van der Waals surface area contributed by atoms with Crippen LogP contribution in [0.3, 0.4) is 0 Å². The Morgan fingerprint density at radius 2 is 1.78 bits per heavy atom. The minimum Gasteiger partial charge on any atom is -0.366 e. The summed E-state index contributed by atoms with van der Waals surface area (Å²) in [6.45, 7) is 8.92. The van der Waals surface area contributed by atoms with Crippen molar-refractivity contribution in [3.05, 3.63) is 64.0 Å². The smallest absolute Gasteiger partial charge is 0.129 e. The zero-order chi connectivity index (χ0) is 17.0. The van der Waals surface area contributed by atoms with Gasteiger partial charge in [-0.2, -0.15) is 0 Å². The summed E-state index contributed by atoms with van der Waals surface area (Å²) in [5, 5.41) is 0. The first-order valence-electron chi connectivity index (χ1n) is 8.01. The highest BCUT2D eigenvalue weighted by atomic mass is 19.1. The van der Waals surface area contributed by atoms with Gasteiger partial charge in [-0.15, -0.1) is 0 Å². The summed E-state index contributed by atoms with van der Waals surface area (Å²) in [6, 6.07) is 9.78. The molecule has 0 aliphatic carbocycles. The van der Waals surface area contributed by atoms with Gasteiger partial charge in [0, 0.05) is 20.0 Å². The van der Waals surface area contributed by atoms with E-state index < -0.39 is 0 Å². The van der Waals surface area contributed by atoms with Crippen molar-refractivity contribution in [3.63, 3.8) is 0 Å². The molecule has 0 amide bonds. The van der Waals surface area contributed by atoms with E-state index in [9.17, 15) is 4.39 Å². The summed E-state index contributed by atoms with van der Waals surface area (Å²) in [7, 11) is 2.00. The lowest BCUT2D eigenvalue weighted by molar-refractivity contribution is 0.552. The molecule has 0 fully saturated rings. The predicted octanol–water partition coefficient (Wildman–Crippen LogP) is 4.95. The highest BCUT2D eigenvalue weighted by molar-refractivity contribution is 5.64. The topological polar surface area (TPSA) is 15.6 Å². The minimum atomic E-state index is -0.101. The van der Waals surface area contributed by atoms with Gasteiger partial charge >= 0.3 is 0 Å². The molecule has 23 heavy (non-hydrogen) atoms. The predicted molar refractivity (Wildman–Crippen MR) is 96.3 cm³/mol. The van der Waals surface area contributed by atoms with Crippen molar-refractivity contribution in [2.75, 3.05) is 13.6 Å². The van der Waals surface area contributed by atoms with Crippen LogP contribution in [0.25, 0.3) is 0 Å². The maximum absolute atomic E-state index is 14.2. The van der Waals surface area contributed by atoms with Crippen LogP contribution in [0.4, 0.5) is 10.1 Å². The van der Waals surface area contributed by atoms with Gasteiger partial charge in [0.15, 0.2) is 0 Å². The first kappa shape index (κ1) is 17.2. The third-order valence-electron chi connectivity index (χ3n) is 4.20. The van der Waals surface area contributed by atoms with E-state index in [1.54, 1.807) is 13.0 Å². The lowest BCUT2D eigenvalue weighted by Gasteiger charge is -2.13. The molecule has 0 bridgehead atoms. The van der Waals surface area contributed by atoms with Crippen molar-refractivity contribution in [1.29, 1.82) is 0 Å². The molecule has 2 aromatic carbocycles. The van der Waals surface area contributed by atoms with Gasteiger partial charge in [-0.1, -0.05) is 24.3 Å². The number of hydrogen-bond donors (Lipinski definition) is 0. The zero-order valence-electron chi connectivity index (χ0n) is 14.7. The molecule has 0 saturated heterocycles. The molecule has 122 valence electrons. The fourth-order valence-corrected chi connectivity index (χ4v) is 2.48. The van der Waals surface area contributed by atoms with Crippen LogP contribution in [0.15, 0.2) is 35.3 Å². The Balaban J connectivity index is 2.30. The molecule has 0 radical (unpaired) electrons. The highest BCUT2D eigenvalue weighted by Gasteiger charge is 2.09. The fourth-order valence-electron chi connectivity index (χ4n) is 2.48. The van der Waals surface area contributed by atoms with E-state index in [4.69, 9.17) is 0 Å². The molecule has 3 heteroatoms. The minimum absolute atomic E-state index is 0.101. The van der Waals surface area contributed by atoms with Gasteiger partial charge in [0.25, 0.3) is 0 Å². The van der Waals surface area contributed by atoms with E-state index in [-0.39, 0.29) is 5.82 Å². The molecular formula is C20H25FN2. The number of rotatable bonds is 5. The van der Waals surface area contributed by atoms with Crippen molar-refractivity contribution in [1.82, 2.24) is 4.90 Å². The Bertz CT molecular complexity index is 720. The van der Waals surface area contributed by atoms with Crippen molar-refractivity contribution < 1.29 is 4.39 Å². The van der Waals surface area contributed by atoms with Crippen molar-refractivity contribution in [2.45, 2.75) is 34.1 Å². The van der Waals surface area contributed by atoms with E-state index in [0.29, 0.717) is 12.0 Å². The Hall–Kier alpha value is -2.16. The number of benzene rings is 2. The monoisotopic (exact) mass is 312 g/mol. The molecule has 0 N–H and O–H groups in total. The van der Waals surface area contributed by atoms with Crippen LogP contribution in [0, 0.1) is 26.6 Å². The molecule has 0 saturated carbocycles. The van der Waals surface area contributed by atoms with Crippen LogP contribution >= 0.6 is 0 Å². The van der Waals surface area contributed by atoms with Gasteiger partial charge < -0.3 is 4.90 Å². The van der Waals surface area contributed by atoms with Crippen LogP contribution in [0.1, 0.15) is 34.7 Å². The number of aryl methyl sites for hydroxylation is 3. The standard InChI is InChI=1S/C20H25FN2/c1-6-23(5)13-22-19-11-15(3)18(10-16(19)4)12-17-9-7-8-14(2)20(17)21/h7-11,13H,6,12H2,1-5H3. The Morgan fingerprint density at radius 3 is 2.48 bits per heavy atom. The first-order chi connectivity index (χ1) is 10.9. The quantitative estimate of drug-likeness (QED) is 0.563. The van der Waals surface area contributed by atoms with E-state index in [1.807, 2.05) is 37.3 Å². The van der Waals surface area contributed by atoms with Crippen LogP contribution in [-0.2, 0) is 6.42 Å². The lowest BCUT2D eigenvalue weighted by atomic mass is 9.96. The van der Waals surface area contributed by atoms with Crippen LogP contribution in [0.2, 0.25) is 0 Å². The molecule has 0 atom stereocenters. The van der Waals surface area contributed by atoms with E-state index in [0.717, 1.165) is 34.5 Å². The molecule has 0 aromatic heterocycles. The van der Waals surface area contributed by atoms with Gasteiger partial charge in [-0.25, -0.2) is 9.38 Å². The summed E-state index contributed by atoms with van der Waals surface area (Å²) in [4.78, 5) is 6.58. The molecule has 2 rings (SSSR count). The second-order valence-corrected chi connectivity index (χ2v) is 6.11. The Kier molecular flexibility index (Phi) is 5.54. The number of halogens is 1. The average Bonchev–Trinajstić information content (AvgIpc) is 2.53. The Labute approximate surface area is 138 Å². The molecule has 0 heterocycles. The highest BCUT2D eigenvalue weighted by Crippen LogP contribution is 2.26. The van der Waals surface area contributed by atoms with Gasteiger partial charge in [-0.3, -0.25) is 0 Å². The van der Waals surface area contributed by atoms with E-state index in [2.05, 4.69) is 31.0 Å². The summed E-state index contributed by atoms with van der Waals surface area (Å²) in [5.41, 5.74) is 5.81. The van der Waals surface area contributed by atoms with Crippen molar-refractivity contribution in [3.8, 4) is 0 Å². The number of hydrogen-bond acceptors (Lipinski definition) is 1. The maximum atomic E-state index is 14.2. The molecule has 0 aliphatic rings. The second kappa shape index (κ2) is 7.40. The maximum Gasteiger partial charge on any atom is 0.129 e. The van der Waals surface area contributed by atoms with Gasteiger partial charge in [-0.05, 0) is 61.6 Å².